The van der Waals surface area contributed by atoms with Gasteiger partial charge in [0.15, 0.2) is 17.3 Å². The Bertz CT molecular complexity index is 824. The molecule has 0 bridgehead atoms. The zero-order chi connectivity index (χ0) is 20.9. The van der Waals surface area contributed by atoms with Crippen molar-refractivity contribution in [3.8, 4) is 11.5 Å². The van der Waals surface area contributed by atoms with Gasteiger partial charge in [-0.1, -0.05) is 38.6 Å². The van der Waals surface area contributed by atoms with E-state index >= 15 is 0 Å². The molecule has 3 N–H and O–H groups in total. The Balaban J connectivity index is 1.90. The average molecular weight is 415 g/mol. The van der Waals surface area contributed by atoms with E-state index in [1.165, 1.54) is 35.7 Å². The van der Waals surface area contributed by atoms with Gasteiger partial charge >= 0.3 is 6.61 Å². The number of nitrogens with zero attached hydrogens (tertiary/aromatic N) is 3. The van der Waals surface area contributed by atoms with Crippen molar-refractivity contribution >= 4 is 17.7 Å². The van der Waals surface area contributed by atoms with Crippen LogP contribution in [-0.4, -0.2) is 40.3 Å². The highest BCUT2D eigenvalue weighted by Gasteiger charge is 2.23. The van der Waals surface area contributed by atoms with E-state index in [-0.39, 0.29) is 35.1 Å². The quantitative estimate of drug-likeness (QED) is 0.504. The number of amides is 1. The first-order valence-electron chi connectivity index (χ1n) is 8.34. The summed E-state index contributed by atoms with van der Waals surface area (Å²) >= 11 is 1.17. The number of methoxy groups -OCH3 is 1. The minimum Gasteiger partial charge on any atom is -0.493 e. The summed E-state index contributed by atoms with van der Waals surface area (Å²) in [7, 11) is 1.35. The van der Waals surface area contributed by atoms with Gasteiger partial charge in [-0.3, -0.25) is 4.79 Å². The number of nitrogens with one attached hydrogen (secondary N) is 1. The molecule has 2 aromatic rings. The van der Waals surface area contributed by atoms with Crippen molar-refractivity contribution in [3.05, 3.63) is 29.6 Å². The van der Waals surface area contributed by atoms with Crippen LogP contribution in [-0.2, 0) is 16.8 Å². The van der Waals surface area contributed by atoms with Crippen LogP contribution in [0.1, 0.15) is 32.2 Å². The van der Waals surface area contributed by atoms with Crippen molar-refractivity contribution in [2.75, 3.05) is 18.7 Å². The zero-order valence-corrected chi connectivity index (χ0v) is 16.8. The Labute approximate surface area is 165 Å². The van der Waals surface area contributed by atoms with Gasteiger partial charge in [-0.2, -0.15) is 8.78 Å². The molecule has 0 unspecified atom stereocenters. The van der Waals surface area contributed by atoms with Crippen LogP contribution >= 0.6 is 11.8 Å². The Morgan fingerprint density at radius 3 is 2.61 bits per heavy atom. The van der Waals surface area contributed by atoms with E-state index in [0.29, 0.717) is 16.5 Å². The van der Waals surface area contributed by atoms with Crippen molar-refractivity contribution in [1.29, 1.82) is 0 Å². The van der Waals surface area contributed by atoms with Crippen LogP contribution in [0.3, 0.4) is 0 Å². The van der Waals surface area contributed by atoms with Gasteiger partial charge in [0, 0.05) is 12.0 Å². The fourth-order valence-corrected chi connectivity index (χ4v) is 2.97. The van der Waals surface area contributed by atoms with E-state index in [1.54, 1.807) is 6.07 Å². The molecule has 8 nitrogen and oxygen atoms in total. The molecular formula is C17H23F2N5O3S. The third-order valence-corrected chi connectivity index (χ3v) is 4.54. The first-order chi connectivity index (χ1) is 13.1. The summed E-state index contributed by atoms with van der Waals surface area (Å²) in [4.78, 5) is 12.1. The molecule has 0 aliphatic rings. The first kappa shape index (κ1) is 21.7. The molecule has 1 amide bonds. The number of nitrogen functional groups attached to an aromatic ring is 1. The summed E-state index contributed by atoms with van der Waals surface area (Å²) in [5.74, 6) is 6.55. The van der Waals surface area contributed by atoms with Crippen LogP contribution in [0.5, 0.6) is 11.5 Å². The SMILES string of the molecule is COc1cc(CNC(=O)CSc2nnc(C(C)(C)C)n2N)ccc1OC(F)F. The van der Waals surface area contributed by atoms with Crippen LogP contribution < -0.4 is 20.6 Å². The number of thioether (sulfide) groups is 1. The van der Waals surface area contributed by atoms with E-state index < -0.39 is 6.61 Å². The summed E-state index contributed by atoms with van der Waals surface area (Å²) in [6.07, 6.45) is 0. The maximum absolute atomic E-state index is 12.4. The molecule has 0 saturated heterocycles. The highest BCUT2D eigenvalue weighted by Crippen LogP contribution is 2.29. The van der Waals surface area contributed by atoms with Crippen LogP contribution in [0, 0.1) is 0 Å². The van der Waals surface area contributed by atoms with Gasteiger partial charge in [-0.15, -0.1) is 10.2 Å². The second kappa shape index (κ2) is 9.09. The molecule has 1 aromatic carbocycles. The zero-order valence-electron chi connectivity index (χ0n) is 16.0. The van der Waals surface area contributed by atoms with Gasteiger partial charge in [-0.05, 0) is 17.7 Å². The summed E-state index contributed by atoms with van der Waals surface area (Å²) in [6.45, 7) is 3.15. The number of hydrogen-bond donors (Lipinski definition) is 2. The van der Waals surface area contributed by atoms with Crippen LogP contribution in [0.15, 0.2) is 23.4 Å². The number of alkyl halides is 2. The van der Waals surface area contributed by atoms with Gasteiger partial charge in [0.25, 0.3) is 0 Å². The lowest BCUT2D eigenvalue weighted by Crippen LogP contribution is -2.26. The molecular weight excluding hydrogens is 392 g/mol. The predicted octanol–water partition coefficient (Wildman–Crippen LogP) is 2.31. The van der Waals surface area contributed by atoms with E-state index in [0.717, 1.165) is 0 Å². The molecule has 28 heavy (non-hydrogen) atoms. The molecule has 0 fully saturated rings. The van der Waals surface area contributed by atoms with Crippen molar-refractivity contribution < 1.29 is 23.0 Å². The number of aromatic nitrogens is 3. The Morgan fingerprint density at radius 1 is 1.32 bits per heavy atom. The number of hydrogen-bond acceptors (Lipinski definition) is 7. The largest absolute Gasteiger partial charge is 0.493 e. The number of nitrogens with two attached hydrogens (primary N) is 1. The van der Waals surface area contributed by atoms with Crippen LogP contribution in [0.2, 0.25) is 0 Å². The van der Waals surface area contributed by atoms with Gasteiger partial charge < -0.3 is 20.6 Å². The summed E-state index contributed by atoms with van der Waals surface area (Å²) < 4.78 is 35.5. The second-order valence-corrected chi connectivity index (χ2v) is 7.80. The number of halogens is 2. The predicted molar refractivity (Wildman–Crippen MR) is 101 cm³/mol. The number of ether oxygens (including phenoxy) is 2. The summed E-state index contributed by atoms with van der Waals surface area (Å²) in [5.41, 5.74) is 0.413. The lowest BCUT2D eigenvalue weighted by atomic mass is 9.96. The molecule has 0 saturated carbocycles. The first-order valence-corrected chi connectivity index (χ1v) is 9.32. The monoisotopic (exact) mass is 415 g/mol. The molecule has 2 rings (SSSR count). The van der Waals surface area contributed by atoms with E-state index in [2.05, 4.69) is 20.3 Å². The van der Waals surface area contributed by atoms with E-state index in [4.69, 9.17) is 10.6 Å². The van der Waals surface area contributed by atoms with Crippen molar-refractivity contribution in [1.82, 2.24) is 20.2 Å². The number of carbonyl (C=O) groups is 1. The fourth-order valence-electron chi connectivity index (χ4n) is 2.28. The maximum Gasteiger partial charge on any atom is 0.387 e. The normalized spacial score (nSPS) is 11.5. The molecule has 0 aliphatic carbocycles. The molecule has 0 atom stereocenters. The standard InChI is InChI=1S/C17H23F2N5O3S/c1-17(2,3)14-22-23-16(24(14)20)28-9-13(25)21-8-10-5-6-11(27-15(18)19)12(7-10)26-4/h5-7,15H,8-9,20H2,1-4H3,(H,21,25). The van der Waals surface area contributed by atoms with Crippen LogP contribution in [0.25, 0.3) is 0 Å². The summed E-state index contributed by atoms with van der Waals surface area (Å²) in [5, 5.41) is 11.2. The average Bonchev–Trinajstić information content (AvgIpc) is 2.99. The Morgan fingerprint density at radius 2 is 2.04 bits per heavy atom. The molecule has 154 valence electrons. The van der Waals surface area contributed by atoms with Gasteiger partial charge in [0.05, 0.1) is 12.9 Å². The highest BCUT2D eigenvalue weighted by molar-refractivity contribution is 7.99. The minimum atomic E-state index is -2.94. The fraction of sp³-hybridized carbons (Fsp3) is 0.471. The number of carbonyl (C=O) groups excluding carboxylic acids is 1. The lowest BCUT2D eigenvalue weighted by Gasteiger charge is -2.16. The molecule has 1 heterocycles. The van der Waals surface area contributed by atoms with E-state index in [9.17, 15) is 13.6 Å². The molecule has 0 radical (unpaired) electrons. The third kappa shape index (κ3) is 5.72. The number of rotatable bonds is 8. The van der Waals surface area contributed by atoms with Gasteiger partial charge in [-0.25, -0.2) is 4.68 Å². The second-order valence-electron chi connectivity index (χ2n) is 6.86. The van der Waals surface area contributed by atoms with Crippen molar-refractivity contribution in [3.63, 3.8) is 0 Å². The van der Waals surface area contributed by atoms with Crippen molar-refractivity contribution in [2.45, 2.75) is 44.5 Å². The van der Waals surface area contributed by atoms with E-state index in [1.807, 2.05) is 20.8 Å². The molecule has 0 aliphatic heterocycles. The van der Waals surface area contributed by atoms with Gasteiger partial charge in [0.1, 0.15) is 0 Å². The maximum atomic E-state index is 12.4. The topological polar surface area (TPSA) is 104 Å². The van der Waals surface area contributed by atoms with Crippen molar-refractivity contribution in [2.24, 2.45) is 0 Å². The lowest BCUT2D eigenvalue weighted by molar-refractivity contribution is -0.118. The molecule has 0 spiro atoms. The molecule has 11 heteroatoms. The number of benzene rings is 1. The minimum absolute atomic E-state index is 0.0694. The Hall–Kier alpha value is -2.56. The smallest absolute Gasteiger partial charge is 0.387 e. The molecule has 1 aromatic heterocycles. The van der Waals surface area contributed by atoms with Crippen LogP contribution in [0.4, 0.5) is 8.78 Å². The highest BCUT2D eigenvalue weighted by atomic mass is 32.2. The third-order valence-electron chi connectivity index (χ3n) is 3.60. The Kier molecular flexibility index (Phi) is 7.05. The summed E-state index contributed by atoms with van der Waals surface area (Å²) in [6, 6.07) is 4.46. The van der Waals surface area contributed by atoms with Gasteiger partial charge in [0.2, 0.25) is 11.1 Å².